The summed E-state index contributed by atoms with van der Waals surface area (Å²) < 4.78 is 11.1. The predicted molar refractivity (Wildman–Crippen MR) is 78.9 cm³/mol. The number of hydrogen-bond donors (Lipinski definition) is 0. The van der Waals surface area contributed by atoms with Crippen LogP contribution in [0.3, 0.4) is 0 Å². The van der Waals surface area contributed by atoms with E-state index in [2.05, 4.69) is 30.0 Å². The van der Waals surface area contributed by atoms with Crippen LogP contribution < -0.4 is 4.74 Å². The first-order chi connectivity index (χ1) is 9.22. The van der Waals surface area contributed by atoms with Crippen molar-refractivity contribution in [3.63, 3.8) is 0 Å². The molecular formula is C15H19NO2S. The Kier molecular flexibility index (Phi) is 3.71. The fourth-order valence-electron chi connectivity index (χ4n) is 2.68. The number of thiocarbonyl (C=S) groups is 1. The van der Waals surface area contributed by atoms with Crippen LogP contribution in [0.15, 0.2) is 18.2 Å². The third kappa shape index (κ3) is 2.90. The second kappa shape index (κ2) is 5.47. The van der Waals surface area contributed by atoms with E-state index < -0.39 is 0 Å². The van der Waals surface area contributed by atoms with Gasteiger partial charge in [0.15, 0.2) is 0 Å². The average molecular weight is 277 g/mol. The van der Waals surface area contributed by atoms with Gasteiger partial charge in [-0.15, -0.1) is 0 Å². The quantitative estimate of drug-likeness (QED) is 0.773. The number of benzene rings is 1. The number of ether oxygens (including phenoxy) is 2. The van der Waals surface area contributed by atoms with Gasteiger partial charge in [-0.25, -0.2) is 0 Å². The van der Waals surface area contributed by atoms with Crippen LogP contribution in [0.4, 0.5) is 0 Å². The molecule has 1 aromatic rings. The molecule has 0 unspecified atom stereocenters. The fourth-order valence-corrected chi connectivity index (χ4v) is 3.03. The molecule has 0 N–H and O–H groups in total. The second-order valence-electron chi connectivity index (χ2n) is 5.24. The van der Waals surface area contributed by atoms with Crippen molar-refractivity contribution >= 4 is 17.2 Å². The molecule has 2 aliphatic heterocycles. The van der Waals surface area contributed by atoms with E-state index in [4.69, 9.17) is 21.7 Å². The van der Waals surface area contributed by atoms with Crippen LogP contribution >= 0.6 is 12.2 Å². The summed E-state index contributed by atoms with van der Waals surface area (Å²) in [4.78, 5) is 3.28. The van der Waals surface area contributed by atoms with Crippen LogP contribution in [0, 0.1) is 0 Å². The van der Waals surface area contributed by atoms with E-state index in [9.17, 15) is 0 Å². The fraction of sp³-hybridized carbons (Fsp3) is 0.533. The summed E-state index contributed by atoms with van der Waals surface area (Å²) in [7, 11) is 0. The minimum absolute atomic E-state index is 0.302. The van der Waals surface area contributed by atoms with Gasteiger partial charge in [-0.3, -0.25) is 0 Å². The standard InChI is InChI=1S/C15H19NO2S/c1-11-8-13-9-12(2-3-14(13)18-11)10-15(19)16-4-6-17-7-5-16/h2-3,9,11H,4-8,10H2,1H3/t11-/m1/s1. The Hall–Kier alpha value is -1.13. The predicted octanol–water partition coefficient (Wildman–Crippen LogP) is 2.21. The van der Waals surface area contributed by atoms with Crippen molar-refractivity contribution in [2.24, 2.45) is 0 Å². The van der Waals surface area contributed by atoms with Crippen LogP contribution in [0.2, 0.25) is 0 Å². The minimum atomic E-state index is 0.302. The lowest BCUT2D eigenvalue weighted by molar-refractivity contribution is 0.0684. The second-order valence-corrected chi connectivity index (χ2v) is 5.72. The summed E-state index contributed by atoms with van der Waals surface area (Å²) in [5, 5.41) is 0. The van der Waals surface area contributed by atoms with Gasteiger partial charge in [0, 0.05) is 25.9 Å². The van der Waals surface area contributed by atoms with Crippen LogP contribution in [0.1, 0.15) is 18.1 Å². The molecule has 0 aliphatic carbocycles. The maximum atomic E-state index is 5.72. The molecule has 0 spiro atoms. The number of fused-ring (bicyclic) bond motifs is 1. The molecule has 0 amide bonds. The van der Waals surface area contributed by atoms with E-state index in [0.717, 1.165) is 49.9 Å². The molecule has 0 aromatic heterocycles. The van der Waals surface area contributed by atoms with E-state index >= 15 is 0 Å². The molecule has 3 rings (SSSR count). The zero-order valence-electron chi connectivity index (χ0n) is 11.2. The molecule has 3 nitrogen and oxygen atoms in total. The average Bonchev–Trinajstić information content (AvgIpc) is 2.79. The Morgan fingerprint density at radius 1 is 1.37 bits per heavy atom. The van der Waals surface area contributed by atoms with Gasteiger partial charge < -0.3 is 14.4 Å². The smallest absolute Gasteiger partial charge is 0.123 e. The first-order valence-corrected chi connectivity index (χ1v) is 7.27. The van der Waals surface area contributed by atoms with E-state index in [1.807, 2.05) is 0 Å². The third-order valence-corrected chi connectivity index (χ3v) is 4.08. The maximum absolute atomic E-state index is 5.72. The lowest BCUT2D eigenvalue weighted by Gasteiger charge is -2.29. The van der Waals surface area contributed by atoms with Crippen LogP contribution in [0.25, 0.3) is 0 Å². The molecule has 4 heteroatoms. The first-order valence-electron chi connectivity index (χ1n) is 6.86. The van der Waals surface area contributed by atoms with Gasteiger partial charge in [-0.05, 0) is 24.1 Å². The highest BCUT2D eigenvalue weighted by Gasteiger charge is 2.20. The van der Waals surface area contributed by atoms with Crippen molar-refractivity contribution < 1.29 is 9.47 Å². The zero-order valence-corrected chi connectivity index (χ0v) is 12.0. The largest absolute Gasteiger partial charge is 0.490 e. The van der Waals surface area contributed by atoms with Crippen LogP contribution in [0.5, 0.6) is 5.75 Å². The molecule has 19 heavy (non-hydrogen) atoms. The molecule has 0 bridgehead atoms. The molecular weight excluding hydrogens is 258 g/mol. The lowest BCUT2D eigenvalue weighted by Crippen LogP contribution is -2.40. The van der Waals surface area contributed by atoms with Gasteiger partial charge in [-0.2, -0.15) is 0 Å². The van der Waals surface area contributed by atoms with Crippen LogP contribution in [-0.4, -0.2) is 42.3 Å². The lowest BCUT2D eigenvalue weighted by atomic mass is 10.0. The number of nitrogens with zero attached hydrogens (tertiary/aromatic N) is 1. The van der Waals surface area contributed by atoms with Gasteiger partial charge >= 0.3 is 0 Å². The van der Waals surface area contributed by atoms with Gasteiger partial charge in [0.05, 0.1) is 18.2 Å². The molecule has 102 valence electrons. The molecule has 1 atom stereocenters. The van der Waals surface area contributed by atoms with Crippen molar-refractivity contribution in [1.29, 1.82) is 0 Å². The monoisotopic (exact) mass is 277 g/mol. The summed E-state index contributed by atoms with van der Waals surface area (Å²) in [6, 6.07) is 6.45. The summed E-state index contributed by atoms with van der Waals surface area (Å²) in [5.41, 5.74) is 2.60. The van der Waals surface area contributed by atoms with Crippen molar-refractivity contribution in [2.75, 3.05) is 26.3 Å². The Morgan fingerprint density at radius 2 is 2.16 bits per heavy atom. The Labute approximate surface area is 119 Å². The molecule has 2 aliphatic rings. The highest BCUT2D eigenvalue weighted by molar-refractivity contribution is 7.80. The summed E-state index contributed by atoms with van der Waals surface area (Å²) in [5.74, 6) is 1.04. The van der Waals surface area contributed by atoms with Crippen LogP contribution in [-0.2, 0) is 17.6 Å². The van der Waals surface area contributed by atoms with Crippen molar-refractivity contribution in [3.05, 3.63) is 29.3 Å². The molecule has 1 fully saturated rings. The number of hydrogen-bond acceptors (Lipinski definition) is 3. The van der Waals surface area contributed by atoms with E-state index in [0.29, 0.717) is 6.10 Å². The van der Waals surface area contributed by atoms with Crippen molar-refractivity contribution in [3.8, 4) is 5.75 Å². The van der Waals surface area contributed by atoms with Gasteiger partial charge in [0.25, 0.3) is 0 Å². The number of rotatable bonds is 2. The molecule has 0 saturated carbocycles. The zero-order chi connectivity index (χ0) is 13.2. The highest BCUT2D eigenvalue weighted by atomic mass is 32.1. The first kappa shape index (κ1) is 12.9. The maximum Gasteiger partial charge on any atom is 0.123 e. The van der Waals surface area contributed by atoms with Crippen molar-refractivity contribution in [1.82, 2.24) is 4.90 Å². The summed E-state index contributed by atoms with van der Waals surface area (Å²) >= 11 is 5.55. The SMILES string of the molecule is C[C@@H]1Cc2cc(CC(=S)N3CCOCC3)ccc2O1. The Balaban J connectivity index is 1.67. The van der Waals surface area contributed by atoms with E-state index in [-0.39, 0.29) is 0 Å². The molecule has 1 aromatic carbocycles. The van der Waals surface area contributed by atoms with E-state index in [1.54, 1.807) is 0 Å². The highest BCUT2D eigenvalue weighted by Crippen LogP contribution is 2.29. The van der Waals surface area contributed by atoms with Gasteiger partial charge in [-0.1, -0.05) is 24.4 Å². The third-order valence-electron chi connectivity index (χ3n) is 3.68. The van der Waals surface area contributed by atoms with Crippen molar-refractivity contribution in [2.45, 2.75) is 25.9 Å². The summed E-state index contributed by atoms with van der Waals surface area (Å²) in [6.07, 6.45) is 2.15. The van der Waals surface area contributed by atoms with Gasteiger partial charge in [0.1, 0.15) is 11.9 Å². The molecule has 1 saturated heterocycles. The Bertz CT molecular complexity index is 483. The normalized spacial score (nSPS) is 21.9. The van der Waals surface area contributed by atoms with E-state index in [1.165, 1.54) is 11.1 Å². The topological polar surface area (TPSA) is 21.7 Å². The molecule has 2 heterocycles. The minimum Gasteiger partial charge on any atom is -0.490 e. The van der Waals surface area contributed by atoms with Gasteiger partial charge in [0.2, 0.25) is 0 Å². The molecule has 0 radical (unpaired) electrons. The Morgan fingerprint density at radius 3 is 2.95 bits per heavy atom. The summed E-state index contributed by atoms with van der Waals surface area (Å²) in [6.45, 7) is 5.53. The number of morpholine rings is 1.